The van der Waals surface area contributed by atoms with Gasteiger partial charge in [-0.15, -0.1) is 13.2 Å². The number of hydrogen-bond acceptors (Lipinski definition) is 1. The van der Waals surface area contributed by atoms with Crippen LogP contribution in [0.1, 0.15) is 25.3 Å². The van der Waals surface area contributed by atoms with Gasteiger partial charge in [0.25, 0.3) is 0 Å². The summed E-state index contributed by atoms with van der Waals surface area (Å²) in [7, 11) is 0. The standard InChI is InChI=1S/C14H13F3O/c1-10-4-2-3-5-13(10)11-6-8-12(9-7-11)18-14(15,16)17/h2,4,6-9H,3,5H2,1H3. The summed E-state index contributed by atoms with van der Waals surface area (Å²) in [6, 6.07) is 6.03. The maximum Gasteiger partial charge on any atom is 0.573 e. The van der Waals surface area contributed by atoms with Crippen molar-refractivity contribution in [2.45, 2.75) is 26.1 Å². The minimum Gasteiger partial charge on any atom is -0.406 e. The molecule has 0 aliphatic heterocycles. The average Bonchev–Trinajstić information content (AvgIpc) is 2.29. The van der Waals surface area contributed by atoms with Crippen molar-refractivity contribution in [3.8, 4) is 5.75 Å². The average molecular weight is 254 g/mol. The number of benzene rings is 1. The Morgan fingerprint density at radius 1 is 1.11 bits per heavy atom. The normalized spacial score (nSPS) is 16.0. The summed E-state index contributed by atoms with van der Waals surface area (Å²) in [6.45, 7) is 2.01. The summed E-state index contributed by atoms with van der Waals surface area (Å²) in [5.41, 5.74) is 3.29. The Kier molecular flexibility index (Phi) is 3.45. The molecule has 1 nitrogen and oxygen atoms in total. The van der Waals surface area contributed by atoms with Gasteiger partial charge in [-0.05, 0) is 48.6 Å². The van der Waals surface area contributed by atoms with Crippen LogP contribution in [-0.2, 0) is 0 Å². The molecule has 4 heteroatoms. The third kappa shape index (κ3) is 3.15. The first-order valence-electron chi connectivity index (χ1n) is 5.68. The Morgan fingerprint density at radius 3 is 2.33 bits per heavy atom. The van der Waals surface area contributed by atoms with E-state index in [1.54, 1.807) is 12.1 Å². The zero-order valence-electron chi connectivity index (χ0n) is 9.92. The predicted octanol–water partition coefficient (Wildman–Crippen LogP) is 4.71. The van der Waals surface area contributed by atoms with Gasteiger partial charge in [0.2, 0.25) is 0 Å². The lowest BCUT2D eigenvalue weighted by molar-refractivity contribution is -0.274. The van der Waals surface area contributed by atoms with Crippen molar-refractivity contribution in [1.29, 1.82) is 0 Å². The van der Waals surface area contributed by atoms with E-state index in [1.807, 2.05) is 13.0 Å². The molecule has 0 heterocycles. The van der Waals surface area contributed by atoms with Crippen LogP contribution in [0.2, 0.25) is 0 Å². The number of halogens is 3. The molecule has 0 radical (unpaired) electrons. The van der Waals surface area contributed by atoms with Crippen molar-refractivity contribution < 1.29 is 17.9 Å². The summed E-state index contributed by atoms with van der Waals surface area (Å²) in [5.74, 6) is -0.184. The van der Waals surface area contributed by atoms with Crippen LogP contribution in [0.5, 0.6) is 5.75 Å². The zero-order valence-corrected chi connectivity index (χ0v) is 9.92. The molecule has 1 aromatic carbocycles. The lowest BCUT2D eigenvalue weighted by Crippen LogP contribution is -2.17. The Hall–Kier alpha value is -1.71. The van der Waals surface area contributed by atoms with Crippen molar-refractivity contribution in [1.82, 2.24) is 0 Å². The van der Waals surface area contributed by atoms with Crippen LogP contribution in [0.4, 0.5) is 13.2 Å². The molecule has 0 saturated heterocycles. The third-order valence-corrected chi connectivity index (χ3v) is 2.84. The van der Waals surface area contributed by atoms with Crippen molar-refractivity contribution in [2.75, 3.05) is 0 Å². The highest BCUT2D eigenvalue weighted by Crippen LogP contribution is 2.30. The second kappa shape index (κ2) is 4.88. The lowest BCUT2D eigenvalue weighted by atomic mass is 9.92. The number of ether oxygens (including phenoxy) is 1. The van der Waals surface area contributed by atoms with Gasteiger partial charge in [-0.1, -0.05) is 24.3 Å². The molecule has 1 aromatic rings. The summed E-state index contributed by atoms with van der Waals surface area (Å²) < 4.78 is 39.9. The molecule has 0 fully saturated rings. The summed E-state index contributed by atoms with van der Waals surface area (Å²) in [5, 5.41) is 0. The summed E-state index contributed by atoms with van der Waals surface area (Å²) >= 11 is 0. The van der Waals surface area contributed by atoms with Gasteiger partial charge >= 0.3 is 6.36 Å². The van der Waals surface area contributed by atoms with Crippen LogP contribution in [0.15, 0.2) is 42.0 Å². The maximum atomic E-state index is 12.0. The summed E-state index contributed by atoms with van der Waals surface area (Å²) in [4.78, 5) is 0. The largest absolute Gasteiger partial charge is 0.573 e. The predicted molar refractivity (Wildman–Crippen MR) is 64.1 cm³/mol. The first kappa shape index (κ1) is 12.7. The SMILES string of the molecule is CC1=C(c2ccc(OC(F)(F)F)cc2)CCC=C1. The van der Waals surface area contributed by atoms with E-state index in [0.717, 1.165) is 24.0 Å². The van der Waals surface area contributed by atoms with Crippen LogP contribution in [0.3, 0.4) is 0 Å². The van der Waals surface area contributed by atoms with Gasteiger partial charge in [0, 0.05) is 0 Å². The molecule has 96 valence electrons. The molecule has 2 rings (SSSR count). The lowest BCUT2D eigenvalue weighted by Gasteiger charge is -2.14. The van der Waals surface area contributed by atoms with Gasteiger partial charge in [0.05, 0.1) is 0 Å². The molecule has 0 saturated carbocycles. The van der Waals surface area contributed by atoms with Crippen molar-refractivity contribution in [2.24, 2.45) is 0 Å². The first-order valence-corrected chi connectivity index (χ1v) is 5.68. The molecule has 1 aliphatic carbocycles. The smallest absolute Gasteiger partial charge is 0.406 e. The van der Waals surface area contributed by atoms with E-state index in [2.05, 4.69) is 10.8 Å². The maximum absolute atomic E-state index is 12.0. The second-order valence-corrected chi connectivity index (χ2v) is 4.17. The van der Waals surface area contributed by atoms with E-state index >= 15 is 0 Å². The number of hydrogen-bond donors (Lipinski definition) is 0. The molecule has 0 N–H and O–H groups in total. The number of rotatable bonds is 2. The van der Waals surface area contributed by atoms with Gasteiger partial charge in [-0.2, -0.15) is 0 Å². The topological polar surface area (TPSA) is 9.23 Å². The van der Waals surface area contributed by atoms with Crippen LogP contribution in [0.25, 0.3) is 5.57 Å². The highest BCUT2D eigenvalue weighted by Gasteiger charge is 2.30. The van der Waals surface area contributed by atoms with E-state index < -0.39 is 6.36 Å². The third-order valence-electron chi connectivity index (χ3n) is 2.84. The fraction of sp³-hybridized carbons (Fsp3) is 0.286. The Balaban J connectivity index is 2.20. The highest BCUT2D eigenvalue weighted by atomic mass is 19.4. The molecule has 0 unspecified atom stereocenters. The molecule has 0 atom stereocenters. The Bertz CT molecular complexity index is 481. The number of allylic oxidation sites excluding steroid dienone is 4. The van der Waals surface area contributed by atoms with Crippen LogP contribution in [-0.4, -0.2) is 6.36 Å². The van der Waals surface area contributed by atoms with Crippen molar-refractivity contribution >= 4 is 5.57 Å². The van der Waals surface area contributed by atoms with E-state index in [1.165, 1.54) is 17.7 Å². The van der Waals surface area contributed by atoms with Gasteiger partial charge < -0.3 is 4.74 Å². The van der Waals surface area contributed by atoms with Crippen LogP contribution in [0, 0.1) is 0 Å². The molecule has 1 aliphatic rings. The van der Waals surface area contributed by atoms with E-state index in [-0.39, 0.29) is 5.75 Å². The molecule has 0 spiro atoms. The van der Waals surface area contributed by atoms with Gasteiger partial charge in [-0.3, -0.25) is 0 Å². The van der Waals surface area contributed by atoms with Gasteiger partial charge in [-0.25, -0.2) is 0 Å². The second-order valence-electron chi connectivity index (χ2n) is 4.17. The fourth-order valence-corrected chi connectivity index (χ4v) is 2.02. The van der Waals surface area contributed by atoms with Crippen LogP contribution >= 0.6 is 0 Å². The Morgan fingerprint density at radius 2 is 1.78 bits per heavy atom. The minimum absolute atomic E-state index is 0.184. The van der Waals surface area contributed by atoms with E-state index in [4.69, 9.17) is 0 Å². The molecule has 0 aromatic heterocycles. The highest BCUT2D eigenvalue weighted by molar-refractivity contribution is 5.72. The molecular formula is C14H13F3O. The molecule has 0 bridgehead atoms. The Labute approximate surface area is 104 Å². The van der Waals surface area contributed by atoms with Gasteiger partial charge in [0.1, 0.15) is 5.75 Å². The van der Waals surface area contributed by atoms with E-state index in [0.29, 0.717) is 0 Å². The monoisotopic (exact) mass is 254 g/mol. The summed E-state index contributed by atoms with van der Waals surface area (Å²) in [6.07, 6.45) is 1.39. The van der Waals surface area contributed by atoms with Crippen molar-refractivity contribution in [3.63, 3.8) is 0 Å². The van der Waals surface area contributed by atoms with E-state index in [9.17, 15) is 13.2 Å². The first-order chi connectivity index (χ1) is 8.46. The van der Waals surface area contributed by atoms with Crippen molar-refractivity contribution in [3.05, 3.63) is 47.6 Å². The fourth-order valence-electron chi connectivity index (χ4n) is 2.02. The number of alkyl halides is 3. The molecular weight excluding hydrogens is 241 g/mol. The quantitative estimate of drug-likeness (QED) is 0.742. The minimum atomic E-state index is -4.63. The molecule has 0 amide bonds. The van der Waals surface area contributed by atoms with Crippen LogP contribution < -0.4 is 4.74 Å². The zero-order chi connectivity index (χ0) is 13.2. The molecule has 18 heavy (non-hydrogen) atoms. The van der Waals surface area contributed by atoms with Gasteiger partial charge in [0.15, 0.2) is 0 Å².